The molecule has 0 saturated heterocycles. The van der Waals surface area contributed by atoms with Crippen molar-refractivity contribution in [2.75, 3.05) is 16.2 Å². The lowest BCUT2D eigenvalue weighted by atomic mass is 10.2. The second-order valence-corrected chi connectivity index (χ2v) is 12.5. The van der Waals surface area contributed by atoms with Crippen molar-refractivity contribution < 1.29 is 13.2 Å². The number of carbonyl (C=O) groups is 1. The van der Waals surface area contributed by atoms with Crippen LogP contribution < -0.4 is 9.62 Å². The van der Waals surface area contributed by atoms with E-state index in [2.05, 4.69) is 5.32 Å². The van der Waals surface area contributed by atoms with Crippen LogP contribution in [0.1, 0.15) is 16.7 Å². The van der Waals surface area contributed by atoms with Crippen LogP contribution in [0.4, 0.5) is 11.4 Å². The van der Waals surface area contributed by atoms with Crippen LogP contribution in [0.25, 0.3) is 0 Å². The van der Waals surface area contributed by atoms with Gasteiger partial charge < -0.3 is 5.32 Å². The zero-order valence-electron chi connectivity index (χ0n) is 20.8. The highest BCUT2D eigenvalue weighted by Gasteiger charge is 2.28. The number of amides is 1. The fourth-order valence-electron chi connectivity index (χ4n) is 3.75. The summed E-state index contributed by atoms with van der Waals surface area (Å²) >= 11 is 13.8. The molecule has 1 amide bonds. The molecule has 0 unspecified atom stereocenters. The Balaban J connectivity index is 1.60. The number of benzene rings is 4. The van der Waals surface area contributed by atoms with E-state index in [0.29, 0.717) is 32.7 Å². The number of thioether (sulfide) groups is 1. The molecular formula is C29H26Cl2N2O3S2. The van der Waals surface area contributed by atoms with Gasteiger partial charge in [-0.15, -0.1) is 11.8 Å². The van der Waals surface area contributed by atoms with Crippen molar-refractivity contribution >= 4 is 62.3 Å². The summed E-state index contributed by atoms with van der Waals surface area (Å²) in [5.74, 6) is 0.208. The van der Waals surface area contributed by atoms with E-state index in [1.807, 2.05) is 49.4 Å². The quantitative estimate of drug-likeness (QED) is 0.204. The maximum Gasteiger partial charge on any atom is 0.264 e. The lowest BCUT2D eigenvalue weighted by molar-refractivity contribution is -0.114. The van der Waals surface area contributed by atoms with Gasteiger partial charge in [0.05, 0.1) is 16.3 Å². The van der Waals surface area contributed by atoms with Crippen LogP contribution in [-0.2, 0) is 20.6 Å². The van der Waals surface area contributed by atoms with Crippen molar-refractivity contribution in [3.05, 3.63) is 118 Å². The van der Waals surface area contributed by atoms with Gasteiger partial charge in [-0.2, -0.15) is 0 Å². The van der Waals surface area contributed by atoms with Crippen molar-refractivity contribution in [3.8, 4) is 0 Å². The van der Waals surface area contributed by atoms with Gasteiger partial charge in [0.1, 0.15) is 6.54 Å². The van der Waals surface area contributed by atoms with Crippen molar-refractivity contribution in [2.24, 2.45) is 0 Å². The number of sulfonamides is 1. The van der Waals surface area contributed by atoms with Crippen LogP contribution in [0.5, 0.6) is 0 Å². The van der Waals surface area contributed by atoms with E-state index in [-0.39, 0.29) is 4.90 Å². The Morgan fingerprint density at radius 3 is 2.24 bits per heavy atom. The molecule has 0 bridgehead atoms. The number of aryl methyl sites for hydroxylation is 2. The number of hydrogen-bond acceptors (Lipinski definition) is 4. The van der Waals surface area contributed by atoms with E-state index in [9.17, 15) is 13.2 Å². The maximum absolute atomic E-state index is 13.7. The number of nitrogens with zero attached hydrogens (tertiary/aromatic N) is 1. The highest BCUT2D eigenvalue weighted by molar-refractivity contribution is 7.98. The van der Waals surface area contributed by atoms with Crippen LogP contribution in [0, 0.1) is 13.8 Å². The zero-order chi connectivity index (χ0) is 27.3. The third-order valence-corrected chi connectivity index (χ3v) is 9.21. The molecule has 0 aromatic heterocycles. The Morgan fingerprint density at radius 2 is 1.53 bits per heavy atom. The lowest BCUT2D eigenvalue weighted by Gasteiger charge is -2.26. The summed E-state index contributed by atoms with van der Waals surface area (Å²) in [5, 5.41) is 3.95. The minimum absolute atomic E-state index is 0.0918. The van der Waals surface area contributed by atoms with Crippen LogP contribution in [0.2, 0.25) is 10.0 Å². The molecule has 0 aliphatic carbocycles. The number of rotatable bonds is 9. The Labute approximate surface area is 237 Å². The molecule has 9 heteroatoms. The van der Waals surface area contributed by atoms with Crippen LogP contribution in [0.3, 0.4) is 0 Å². The normalized spacial score (nSPS) is 11.3. The van der Waals surface area contributed by atoms with Crippen LogP contribution in [-0.4, -0.2) is 20.9 Å². The number of halogens is 2. The van der Waals surface area contributed by atoms with E-state index < -0.39 is 22.5 Å². The standard InChI is InChI=1S/C29H26Cl2N2O3S2/c1-20-7-15-25(16-8-20)38(35,36)33(27-17-24(31)12-9-21(27)2)18-29(34)32-26-5-3-4-6-28(26)37-19-22-10-13-23(30)14-11-22/h3-17H,18-19H2,1-2H3,(H,32,34). The second kappa shape index (κ2) is 12.3. The summed E-state index contributed by atoms with van der Waals surface area (Å²) in [5.41, 5.74) is 3.65. The van der Waals surface area contributed by atoms with Gasteiger partial charge in [-0.3, -0.25) is 9.10 Å². The Hall–Kier alpha value is -2.97. The predicted molar refractivity (Wildman–Crippen MR) is 158 cm³/mol. The van der Waals surface area contributed by atoms with Crippen LogP contribution >= 0.6 is 35.0 Å². The average molecular weight is 586 g/mol. The van der Waals surface area contributed by atoms with Crippen molar-refractivity contribution in [2.45, 2.75) is 29.4 Å². The number of para-hydroxylation sites is 1. The highest BCUT2D eigenvalue weighted by Crippen LogP contribution is 2.32. The van der Waals surface area contributed by atoms with Gasteiger partial charge in [0.15, 0.2) is 0 Å². The van der Waals surface area contributed by atoms with Crippen molar-refractivity contribution in [1.82, 2.24) is 0 Å². The van der Waals surface area contributed by atoms with Gasteiger partial charge in [0.2, 0.25) is 5.91 Å². The first kappa shape index (κ1) is 28.0. The molecule has 196 valence electrons. The van der Waals surface area contributed by atoms with Crippen molar-refractivity contribution in [1.29, 1.82) is 0 Å². The molecule has 0 aliphatic rings. The molecule has 4 rings (SSSR count). The molecule has 0 fully saturated rings. The van der Waals surface area contributed by atoms with Gasteiger partial charge in [0.25, 0.3) is 10.0 Å². The summed E-state index contributed by atoms with van der Waals surface area (Å²) in [4.78, 5) is 14.3. The number of carbonyl (C=O) groups excluding carboxylic acids is 1. The molecule has 0 heterocycles. The van der Waals surface area contributed by atoms with E-state index in [1.165, 1.54) is 12.1 Å². The van der Waals surface area contributed by atoms with E-state index in [0.717, 1.165) is 20.3 Å². The van der Waals surface area contributed by atoms with Gasteiger partial charge in [-0.05, 0) is 73.5 Å². The largest absolute Gasteiger partial charge is 0.323 e. The van der Waals surface area contributed by atoms with Gasteiger partial charge >= 0.3 is 0 Å². The first-order valence-corrected chi connectivity index (χ1v) is 14.9. The van der Waals surface area contributed by atoms with E-state index >= 15 is 0 Å². The zero-order valence-corrected chi connectivity index (χ0v) is 24.0. The maximum atomic E-state index is 13.7. The molecule has 0 radical (unpaired) electrons. The molecule has 4 aromatic carbocycles. The fourth-order valence-corrected chi connectivity index (χ4v) is 6.48. The molecule has 0 aliphatic heterocycles. The second-order valence-electron chi connectivity index (χ2n) is 8.72. The summed E-state index contributed by atoms with van der Waals surface area (Å²) < 4.78 is 28.6. The molecular weight excluding hydrogens is 559 g/mol. The summed E-state index contributed by atoms with van der Waals surface area (Å²) in [7, 11) is -4.06. The summed E-state index contributed by atoms with van der Waals surface area (Å²) in [6.45, 7) is 3.24. The molecule has 0 spiro atoms. The Bertz CT molecular complexity index is 1540. The minimum Gasteiger partial charge on any atom is -0.323 e. The SMILES string of the molecule is Cc1ccc(S(=O)(=O)N(CC(=O)Nc2ccccc2SCc2ccc(Cl)cc2)c2cc(Cl)ccc2C)cc1. The molecule has 1 N–H and O–H groups in total. The molecule has 0 saturated carbocycles. The minimum atomic E-state index is -4.06. The topological polar surface area (TPSA) is 66.5 Å². The predicted octanol–water partition coefficient (Wildman–Crippen LogP) is 7.74. The molecule has 38 heavy (non-hydrogen) atoms. The fraction of sp³-hybridized carbons (Fsp3) is 0.138. The van der Waals surface area contributed by atoms with Gasteiger partial charge in [-0.1, -0.05) is 71.2 Å². The van der Waals surface area contributed by atoms with Crippen LogP contribution in [0.15, 0.2) is 101 Å². The average Bonchev–Trinajstić information content (AvgIpc) is 2.89. The van der Waals surface area contributed by atoms with E-state index in [1.54, 1.807) is 55.1 Å². The number of nitrogens with one attached hydrogen (secondary N) is 1. The Kier molecular flexibility index (Phi) is 9.05. The number of anilines is 2. The van der Waals surface area contributed by atoms with E-state index in [4.69, 9.17) is 23.2 Å². The summed E-state index contributed by atoms with van der Waals surface area (Å²) in [6.07, 6.45) is 0. The Morgan fingerprint density at radius 1 is 0.868 bits per heavy atom. The first-order chi connectivity index (χ1) is 18.1. The lowest BCUT2D eigenvalue weighted by Crippen LogP contribution is -2.38. The monoisotopic (exact) mass is 584 g/mol. The van der Waals surface area contributed by atoms with Gasteiger partial charge in [0, 0.05) is 20.7 Å². The smallest absolute Gasteiger partial charge is 0.264 e. The van der Waals surface area contributed by atoms with Crippen molar-refractivity contribution in [3.63, 3.8) is 0 Å². The third kappa shape index (κ3) is 6.91. The molecule has 0 atom stereocenters. The molecule has 5 nitrogen and oxygen atoms in total. The first-order valence-electron chi connectivity index (χ1n) is 11.7. The highest BCUT2D eigenvalue weighted by atomic mass is 35.5. The third-order valence-electron chi connectivity index (χ3n) is 5.80. The number of hydrogen-bond donors (Lipinski definition) is 1. The summed E-state index contributed by atoms with van der Waals surface area (Å²) in [6, 6.07) is 26.5. The molecule has 4 aromatic rings. The van der Waals surface area contributed by atoms with Gasteiger partial charge in [-0.25, -0.2) is 8.42 Å².